The van der Waals surface area contributed by atoms with Gasteiger partial charge in [-0.3, -0.25) is 9.35 Å². The summed E-state index contributed by atoms with van der Waals surface area (Å²) < 4.78 is 31.3. The molecule has 1 amide bonds. The zero-order valence-corrected chi connectivity index (χ0v) is 21.5. The van der Waals surface area contributed by atoms with E-state index in [4.69, 9.17) is 4.55 Å². The molecule has 2 N–H and O–H groups in total. The SMILES string of the molecule is CCCCCCCC/C=C\CCCCCCCC(=O)NC(C)(C)S(=O)(=O)O.[H-].[Na+]. The topological polar surface area (TPSA) is 83.5 Å². The summed E-state index contributed by atoms with van der Waals surface area (Å²) in [7, 11) is -4.30. The van der Waals surface area contributed by atoms with Gasteiger partial charge in [-0.2, -0.15) is 8.42 Å². The van der Waals surface area contributed by atoms with Crippen molar-refractivity contribution in [1.29, 1.82) is 0 Å². The van der Waals surface area contributed by atoms with Crippen LogP contribution in [0.2, 0.25) is 0 Å². The van der Waals surface area contributed by atoms with Gasteiger partial charge in [0.2, 0.25) is 5.91 Å². The van der Waals surface area contributed by atoms with Crippen LogP contribution >= 0.6 is 0 Å². The second-order valence-electron chi connectivity index (χ2n) is 7.87. The minimum Gasteiger partial charge on any atom is -1.00 e. The van der Waals surface area contributed by atoms with Crippen LogP contribution in [0.1, 0.15) is 112 Å². The van der Waals surface area contributed by atoms with Gasteiger partial charge in [-0.1, -0.05) is 70.4 Å². The number of unbranched alkanes of at least 4 members (excludes halogenated alkanes) is 11. The van der Waals surface area contributed by atoms with Gasteiger partial charge in [0, 0.05) is 6.42 Å². The van der Waals surface area contributed by atoms with E-state index in [0.29, 0.717) is 0 Å². The number of hydrogen-bond acceptors (Lipinski definition) is 3. The van der Waals surface area contributed by atoms with E-state index in [2.05, 4.69) is 24.4 Å². The van der Waals surface area contributed by atoms with Crippen LogP contribution < -0.4 is 34.9 Å². The molecule has 0 spiro atoms. The van der Waals surface area contributed by atoms with Crippen LogP contribution in [-0.4, -0.2) is 23.7 Å². The third kappa shape index (κ3) is 17.0. The summed E-state index contributed by atoms with van der Waals surface area (Å²) in [6.45, 7) is 4.80. The summed E-state index contributed by atoms with van der Waals surface area (Å²) in [4.78, 5) is 10.1. The maximum atomic E-state index is 11.7. The average molecular weight is 428 g/mol. The molecule has 0 aliphatic carbocycles. The molecule has 0 rings (SSSR count). The first kappa shape index (κ1) is 30.3. The van der Waals surface area contributed by atoms with Crippen molar-refractivity contribution < 1.29 is 48.7 Å². The number of carbonyl (C=O) groups excluding carboxylic acids is 1. The van der Waals surface area contributed by atoms with Gasteiger partial charge in [0.15, 0.2) is 4.87 Å². The van der Waals surface area contributed by atoms with Crippen LogP contribution in [0.25, 0.3) is 0 Å². The number of amides is 1. The molecule has 0 saturated heterocycles. The van der Waals surface area contributed by atoms with Gasteiger partial charge in [-0.05, 0) is 46.0 Å². The monoisotopic (exact) mass is 427 g/mol. The van der Waals surface area contributed by atoms with Gasteiger partial charge < -0.3 is 6.74 Å². The molecule has 0 aromatic heterocycles. The number of nitrogens with one attached hydrogen (secondary N) is 1. The normalized spacial score (nSPS) is 12.1. The van der Waals surface area contributed by atoms with Crippen molar-refractivity contribution in [2.45, 2.75) is 116 Å². The minimum absolute atomic E-state index is 0. The van der Waals surface area contributed by atoms with Crippen LogP contribution in [0.4, 0.5) is 0 Å². The zero-order valence-electron chi connectivity index (χ0n) is 19.6. The Balaban J connectivity index is -0.00000338. The molecule has 7 heteroatoms. The number of hydrogen-bond donors (Lipinski definition) is 2. The van der Waals surface area contributed by atoms with E-state index >= 15 is 0 Å². The predicted octanol–water partition coefficient (Wildman–Crippen LogP) is 2.88. The van der Waals surface area contributed by atoms with E-state index in [0.717, 1.165) is 32.1 Å². The summed E-state index contributed by atoms with van der Waals surface area (Å²) >= 11 is 0. The molecule has 0 aromatic rings. The van der Waals surface area contributed by atoms with E-state index in [1.165, 1.54) is 65.2 Å². The molecule has 0 fully saturated rings. The molecule has 0 atom stereocenters. The van der Waals surface area contributed by atoms with E-state index in [9.17, 15) is 13.2 Å². The maximum Gasteiger partial charge on any atom is 1.00 e. The molecule has 0 radical (unpaired) electrons. The summed E-state index contributed by atoms with van der Waals surface area (Å²) in [6, 6.07) is 0. The summed E-state index contributed by atoms with van der Waals surface area (Å²) in [5.41, 5.74) is 0. The van der Waals surface area contributed by atoms with Crippen LogP contribution in [0.3, 0.4) is 0 Å². The molecule has 0 bridgehead atoms. The second kappa shape index (κ2) is 17.9. The molecule has 0 aliphatic rings. The fraction of sp³-hybridized carbons (Fsp3) is 0.857. The molecule has 162 valence electrons. The molecule has 0 unspecified atom stereocenters. The van der Waals surface area contributed by atoms with Crippen molar-refractivity contribution in [2.75, 3.05) is 0 Å². The summed E-state index contributed by atoms with van der Waals surface area (Å²) in [6.07, 6.45) is 20.4. The number of rotatable bonds is 17. The van der Waals surface area contributed by atoms with Crippen LogP contribution in [0.15, 0.2) is 12.2 Å². The Labute approximate surface area is 197 Å². The smallest absolute Gasteiger partial charge is 1.00 e. The van der Waals surface area contributed by atoms with Gasteiger partial charge in [-0.15, -0.1) is 0 Å². The first-order valence-electron chi connectivity index (χ1n) is 10.6. The Kier molecular flexibility index (Phi) is 19.4. The average Bonchev–Trinajstić information content (AvgIpc) is 2.57. The van der Waals surface area contributed by atoms with Crippen LogP contribution in [0, 0.1) is 0 Å². The Morgan fingerprint density at radius 3 is 1.79 bits per heavy atom. The van der Waals surface area contributed by atoms with Crippen LogP contribution in [-0.2, 0) is 14.9 Å². The Hall–Kier alpha value is 0.120. The fourth-order valence-electron chi connectivity index (χ4n) is 2.82. The molecule has 0 heterocycles. The standard InChI is InChI=1S/C21H41NO4S.Na.H/c1-4-5-6-7-8-9-10-11-12-13-14-15-16-17-18-19-20(23)22-21(2,3)27(24,25)26;;/h11-12H,4-10,13-19H2,1-3H3,(H,22,23)(H,24,25,26);;/q;+1;-1/b12-11-;;. The molecule has 28 heavy (non-hydrogen) atoms. The first-order chi connectivity index (χ1) is 12.7. The molecular formula is C21H42NNaO4S. The van der Waals surface area contributed by atoms with Crippen molar-refractivity contribution in [3.63, 3.8) is 0 Å². The van der Waals surface area contributed by atoms with E-state index < -0.39 is 15.0 Å². The Morgan fingerprint density at radius 1 is 0.893 bits per heavy atom. The van der Waals surface area contributed by atoms with Crippen molar-refractivity contribution in [3.05, 3.63) is 12.2 Å². The third-order valence-electron chi connectivity index (χ3n) is 4.75. The number of carbonyl (C=O) groups is 1. The van der Waals surface area contributed by atoms with Crippen LogP contribution in [0.5, 0.6) is 0 Å². The van der Waals surface area contributed by atoms with Gasteiger partial charge in [0.05, 0.1) is 0 Å². The van der Waals surface area contributed by atoms with Gasteiger partial charge in [0.25, 0.3) is 10.1 Å². The molecule has 0 aliphatic heterocycles. The van der Waals surface area contributed by atoms with E-state index in [1.54, 1.807) is 0 Å². The van der Waals surface area contributed by atoms with E-state index in [-0.39, 0.29) is 43.3 Å². The maximum absolute atomic E-state index is 11.7. The molecule has 0 aromatic carbocycles. The Morgan fingerprint density at radius 2 is 1.32 bits per heavy atom. The van der Waals surface area contributed by atoms with Gasteiger partial charge >= 0.3 is 29.6 Å². The van der Waals surface area contributed by atoms with Gasteiger partial charge in [0.1, 0.15) is 0 Å². The van der Waals surface area contributed by atoms with Crippen molar-refractivity contribution in [3.8, 4) is 0 Å². The minimum atomic E-state index is -4.30. The predicted molar refractivity (Wildman–Crippen MR) is 114 cm³/mol. The largest absolute Gasteiger partial charge is 1.00 e. The number of allylic oxidation sites excluding steroid dienone is 2. The first-order valence-corrected chi connectivity index (χ1v) is 12.1. The van der Waals surface area contributed by atoms with E-state index in [1.807, 2.05) is 0 Å². The second-order valence-corrected chi connectivity index (χ2v) is 9.84. The molecule has 0 saturated carbocycles. The van der Waals surface area contributed by atoms with Gasteiger partial charge in [-0.25, -0.2) is 0 Å². The Bertz CT molecular complexity index is 525. The quantitative estimate of drug-likeness (QED) is 0.162. The summed E-state index contributed by atoms with van der Waals surface area (Å²) in [5.74, 6) is -0.338. The summed E-state index contributed by atoms with van der Waals surface area (Å²) in [5, 5.41) is 2.36. The van der Waals surface area contributed by atoms with Crippen molar-refractivity contribution in [1.82, 2.24) is 5.32 Å². The van der Waals surface area contributed by atoms with Crippen molar-refractivity contribution >= 4 is 16.0 Å². The van der Waals surface area contributed by atoms with Crippen molar-refractivity contribution in [2.24, 2.45) is 0 Å². The fourth-order valence-corrected chi connectivity index (χ4v) is 3.06. The molecule has 5 nitrogen and oxygen atoms in total. The molecular weight excluding hydrogens is 385 g/mol. The third-order valence-corrected chi connectivity index (χ3v) is 6.14. The zero-order chi connectivity index (χ0) is 20.6.